The van der Waals surface area contributed by atoms with Crippen LogP contribution in [0.2, 0.25) is 0 Å². The summed E-state index contributed by atoms with van der Waals surface area (Å²) in [5.74, 6) is 0. The topological polar surface area (TPSA) is 52.0 Å². The van der Waals surface area contributed by atoms with Crippen molar-refractivity contribution in [1.82, 2.24) is 0 Å². The van der Waals surface area contributed by atoms with Gasteiger partial charge in [0, 0.05) is 22.5 Å². The zero-order valence-electron chi connectivity index (χ0n) is 35.4. The van der Waals surface area contributed by atoms with Crippen molar-refractivity contribution < 1.29 is 0 Å². The molecular weight excluding hydrogens is 773 g/mol. The van der Waals surface area contributed by atoms with Crippen LogP contribution in [0.1, 0.15) is 11.1 Å². The molecule has 2 nitrogen and oxygen atoms in total. The Labute approximate surface area is 376 Å². The third-order valence-corrected chi connectivity index (χ3v) is 12.1. The molecule has 0 heterocycles. The summed E-state index contributed by atoms with van der Waals surface area (Å²) in [6, 6.07) is 85.8. The van der Waals surface area contributed by atoms with Gasteiger partial charge in [-0.2, -0.15) is 0 Å². The molecule has 0 aromatic heterocycles. The Hall–Kier alpha value is -8.46. The average molecular weight is 819 g/mol. The predicted octanol–water partition coefficient (Wildman–Crippen LogP) is 16.4. The lowest BCUT2D eigenvalue weighted by molar-refractivity contribution is 1.51. The lowest BCUT2D eigenvalue weighted by Crippen LogP contribution is -2.04. The van der Waals surface area contributed by atoms with E-state index in [0.717, 1.165) is 83.6 Å². The summed E-state index contributed by atoms with van der Waals surface area (Å²) in [7, 11) is 0. The van der Waals surface area contributed by atoms with Gasteiger partial charge >= 0.3 is 0 Å². The predicted molar refractivity (Wildman–Crippen MR) is 274 cm³/mol. The van der Waals surface area contributed by atoms with Crippen LogP contribution in [0.3, 0.4) is 0 Å². The Balaban J connectivity index is 1.28. The molecule has 0 atom stereocenters. The molecule has 10 aromatic carbocycles. The fourth-order valence-electron chi connectivity index (χ4n) is 8.78. The maximum Gasteiger partial charge on any atom is 0.0486 e. The van der Waals surface area contributed by atoms with Crippen LogP contribution in [0.4, 0.5) is 11.4 Å². The quantitative estimate of drug-likeness (QED) is 0.107. The van der Waals surface area contributed by atoms with Gasteiger partial charge in [-0.25, -0.2) is 0 Å². The van der Waals surface area contributed by atoms with Crippen LogP contribution in [-0.4, -0.2) is 0 Å². The lowest BCUT2D eigenvalue weighted by Gasteiger charge is -2.26. The van der Waals surface area contributed by atoms with Crippen molar-refractivity contribution in [2.24, 2.45) is 0 Å². The van der Waals surface area contributed by atoms with Crippen LogP contribution in [-0.2, 0) is 0 Å². The number of hydrogen-bond acceptors (Lipinski definition) is 2. The maximum atomic E-state index is 7.82. The molecule has 0 radical (unpaired) electrons. The summed E-state index contributed by atoms with van der Waals surface area (Å²) in [5.41, 5.74) is 35.1. The summed E-state index contributed by atoms with van der Waals surface area (Å²) in [5, 5.41) is 0. The Kier molecular flexibility index (Phi) is 11.1. The van der Waals surface area contributed by atoms with Gasteiger partial charge in [0.1, 0.15) is 0 Å². The van der Waals surface area contributed by atoms with Crippen molar-refractivity contribution in [1.29, 1.82) is 0 Å². The first-order chi connectivity index (χ1) is 31.6. The average Bonchev–Trinajstić information content (AvgIpc) is 3.37. The molecule has 10 aromatic rings. The minimum absolute atomic E-state index is 0.717. The third-order valence-electron chi connectivity index (χ3n) is 12.1. The minimum Gasteiger partial charge on any atom is -0.399 e. The molecule has 0 spiro atoms. The first-order valence-corrected chi connectivity index (χ1v) is 21.7. The van der Waals surface area contributed by atoms with Gasteiger partial charge in [-0.1, -0.05) is 243 Å². The number of rotatable bonds is 10. The highest BCUT2D eigenvalue weighted by Gasteiger charge is 2.26. The van der Waals surface area contributed by atoms with E-state index in [-0.39, 0.29) is 0 Å². The second kappa shape index (κ2) is 17.9. The number of benzene rings is 10. The van der Waals surface area contributed by atoms with Crippen molar-refractivity contribution in [2.75, 3.05) is 11.5 Å². The molecule has 0 saturated carbocycles. The molecule has 0 aliphatic rings. The van der Waals surface area contributed by atoms with Gasteiger partial charge in [0.05, 0.1) is 0 Å². The van der Waals surface area contributed by atoms with E-state index in [0.29, 0.717) is 5.69 Å². The van der Waals surface area contributed by atoms with Gasteiger partial charge in [0.2, 0.25) is 0 Å². The van der Waals surface area contributed by atoms with E-state index in [1.165, 1.54) is 22.3 Å². The molecule has 0 aliphatic heterocycles. The Bertz CT molecular complexity index is 2980. The smallest absolute Gasteiger partial charge is 0.0486 e. The van der Waals surface area contributed by atoms with Crippen LogP contribution >= 0.6 is 0 Å². The second-order valence-corrected chi connectivity index (χ2v) is 16.1. The van der Waals surface area contributed by atoms with E-state index in [4.69, 9.17) is 11.5 Å². The van der Waals surface area contributed by atoms with Gasteiger partial charge < -0.3 is 11.5 Å². The van der Waals surface area contributed by atoms with Crippen LogP contribution in [0.25, 0.3) is 101 Å². The molecule has 4 N–H and O–H groups in total. The molecule has 304 valence electrons. The number of nitrogens with two attached hydrogens (primary N) is 2. The summed E-state index contributed by atoms with van der Waals surface area (Å²) in [6.45, 7) is 0. The standard InChI is InChI=1S/C62H46N2/c63-56-40-21-43(22-41-56)23-42-57-58(52-32-24-48(25-33-52)44-13-5-1-6-14-44)60(54-36-28-50(29-37-54)46-17-9-3-10-18-46)62(64)61(55-38-30-51(31-39-55)47-19-11-4-12-20-47)59(57)53-34-26-49(27-35-53)45-15-7-2-8-16-45/h1-42H,63-64H2. The van der Waals surface area contributed by atoms with Gasteiger partial charge in [-0.15, -0.1) is 0 Å². The summed E-state index contributed by atoms with van der Waals surface area (Å²) in [4.78, 5) is 0. The fraction of sp³-hybridized carbons (Fsp3) is 0. The first kappa shape index (κ1) is 39.7. The van der Waals surface area contributed by atoms with Crippen molar-refractivity contribution >= 4 is 23.5 Å². The molecule has 0 fully saturated rings. The molecule has 64 heavy (non-hydrogen) atoms. The van der Waals surface area contributed by atoms with E-state index in [9.17, 15) is 0 Å². The molecular formula is C62H46N2. The van der Waals surface area contributed by atoms with Gasteiger partial charge in [-0.05, 0) is 101 Å². The first-order valence-electron chi connectivity index (χ1n) is 21.7. The highest BCUT2D eigenvalue weighted by atomic mass is 14.6. The molecule has 0 aliphatic carbocycles. The third kappa shape index (κ3) is 8.16. The number of nitrogen functional groups attached to an aromatic ring is 2. The van der Waals surface area contributed by atoms with Crippen LogP contribution in [0, 0.1) is 0 Å². The fourth-order valence-corrected chi connectivity index (χ4v) is 8.78. The Morgan fingerprint density at radius 1 is 0.219 bits per heavy atom. The highest BCUT2D eigenvalue weighted by molar-refractivity contribution is 6.10. The molecule has 0 bridgehead atoms. The minimum atomic E-state index is 0.717. The van der Waals surface area contributed by atoms with Crippen molar-refractivity contribution in [2.45, 2.75) is 0 Å². The largest absolute Gasteiger partial charge is 0.399 e. The van der Waals surface area contributed by atoms with Crippen LogP contribution in [0.15, 0.2) is 243 Å². The number of anilines is 2. The van der Waals surface area contributed by atoms with Gasteiger partial charge in [-0.3, -0.25) is 0 Å². The summed E-state index contributed by atoms with van der Waals surface area (Å²) < 4.78 is 0. The van der Waals surface area contributed by atoms with E-state index < -0.39 is 0 Å². The highest BCUT2D eigenvalue weighted by Crippen LogP contribution is 2.52. The molecule has 0 saturated heterocycles. The molecule has 10 rings (SSSR count). The van der Waals surface area contributed by atoms with E-state index in [1.807, 2.05) is 12.1 Å². The van der Waals surface area contributed by atoms with Crippen molar-refractivity contribution in [3.63, 3.8) is 0 Å². The summed E-state index contributed by atoms with van der Waals surface area (Å²) >= 11 is 0. The normalized spacial score (nSPS) is 11.2. The zero-order valence-corrected chi connectivity index (χ0v) is 35.4. The molecule has 2 heteroatoms. The van der Waals surface area contributed by atoms with Crippen molar-refractivity contribution in [3.8, 4) is 89.0 Å². The number of hydrogen-bond donors (Lipinski definition) is 2. The lowest BCUT2D eigenvalue weighted by atomic mass is 9.78. The van der Waals surface area contributed by atoms with Gasteiger partial charge in [0.15, 0.2) is 0 Å². The van der Waals surface area contributed by atoms with E-state index in [1.54, 1.807) is 0 Å². The van der Waals surface area contributed by atoms with E-state index >= 15 is 0 Å². The molecule has 0 unspecified atom stereocenters. The molecule has 0 amide bonds. The Morgan fingerprint density at radius 2 is 0.469 bits per heavy atom. The van der Waals surface area contributed by atoms with E-state index in [2.05, 4.69) is 243 Å². The maximum absolute atomic E-state index is 7.82. The Morgan fingerprint density at radius 3 is 0.766 bits per heavy atom. The second-order valence-electron chi connectivity index (χ2n) is 16.1. The zero-order chi connectivity index (χ0) is 43.2. The van der Waals surface area contributed by atoms with Crippen molar-refractivity contribution in [3.05, 3.63) is 254 Å². The van der Waals surface area contributed by atoms with Crippen LogP contribution in [0.5, 0.6) is 0 Å². The monoisotopic (exact) mass is 818 g/mol. The van der Waals surface area contributed by atoms with Crippen LogP contribution < -0.4 is 11.5 Å². The summed E-state index contributed by atoms with van der Waals surface area (Å²) in [6.07, 6.45) is 4.47. The SMILES string of the molecule is Nc1ccc(C=Cc2c(-c3ccc(-c4ccccc4)cc3)c(-c3ccc(-c4ccccc4)cc3)c(N)c(-c3ccc(-c4ccccc4)cc3)c2-c2ccc(-c3ccccc3)cc2)cc1. The van der Waals surface area contributed by atoms with Gasteiger partial charge in [0.25, 0.3) is 0 Å².